The Morgan fingerprint density at radius 2 is 1.54 bits per heavy atom. The number of hydrogen-bond donors (Lipinski definition) is 6. The number of fused-ring (bicyclic) bond motifs is 5. The normalized spacial score (nSPS) is 50.4. The molecule has 0 radical (unpaired) electrons. The van der Waals surface area contributed by atoms with Crippen molar-refractivity contribution < 1.29 is 73.5 Å². The van der Waals surface area contributed by atoms with E-state index in [1.165, 1.54) is 6.92 Å². The lowest BCUT2D eigenvalue weighted by atomic mass is 9.48. The molecular formula is C41H63NO15. The van der Waals surface area contributed by atoms with Crippen LogP contribution in [0.1, 0.15) is 101 Å². The largest absolute Gasteiger partial charge is 0.458 e. The lowest BCUT2D eigenvalue weighted by Crippen LogP contribution is -2.78. The summed E-state index contributed by atoms with van der Waals surface area (Å²) in [6.45, 7) is 14.7. The molecule has 0 unspecified atom stereocenters. The highest BCUT2D eigenvalue weighted by atomic mass is 16.7. The highest BCUT2D eigenvalue weighted by Gasteiger charge is 2.90. The van der Waals surface area contributed by atoms with E-state index < -0.39 is 130 Å². The third-order valence-electron chi connectivity index (χ3n) is 16.1. The molecule has 16 heteroatoms. The van der Waals surface area contributed by atoms with Crippen molar-refractivity contribution in [1.29, 1.82) is 0 Å². The molecule has 0 aromatic rings. The van der Waals surface area contributed by atoms with Crippen LogP contribution in [-0.4, -0.2) is 143 Å². The smallest absolute Gasteiger partial charge is 0.341 e. The Labute approximate surface area is 333 Å². The predicted octanol–water partition coefficient (Wildman–Crippen LogP) is 0.578. The molecule has 20 atom stereocenters. The summed E-state index contributed by atoms with van der Waals surface area (Å²) in [5, 5.41) is 73.2. The Bertz CT molecular complexity index is 1650. The minimum Gasteiger partial charge on any atom is -0.458 e. The molecule has 322 valence electrons. The quantitative estimate of drug-likeness (QED) is 0.145. The van der Waals surface area contributed by atoms with Crippen LogP contribution in [0.15, 0.2) is 0 Å². The van der Waals surface area contributed by atoms with Crippen molar-refractivity contribution in [3.05, 3.63) is 0 Å². The van der Waals surface area contributed by atoms with E-state index in [0.29, 0.717) is 31.8 Å². The minimum absolute atomic E-state index is 0.0170. The van der Waals surface area contributed by atoms with Crippen molar-refractivity contribution in [2.24, 2.45) is 46.8 Å². The highest BCUT2D eigenvalue weighted by molar-refractivity contribution is 5.79. The van der Waals surface area contributed by atoms with Gasteiger partial charge < -0.3 is 54.3 Å². The van der Waals surface area contributed by atoms with E-state index in [9.17, 15) is 49.8 Å². The van der Waals surface area contributed by atoms with Gasteiger partial charge in [-0.05, 0) is 77.0 Å². The van der Waals surface area contributed by atoms with Gasteiger partial charge in [-0.25, -0.2) is 4.79 Å². The summed E-state index contributed by atoms with van der Waals surface area (Å²) in [6, 6.07) is -0.329. The zero-order valence-corrected chi connectivity index (χ0v) is 34.5. The van der Waals surface area contributed by atoms with Crippen molar-refractivity contribution >= 4 is 23.9 Å². The number of nitrogens with zero attached hydrogens (tertiary/aromatic N) is 1. The number of rotatable bonds is 8. The maximum atomic E-state index is 13.9. The van der Waals surface area contributed by atoms with Crippen molar-refractivity contribution in [1.82, 2.24) is 4.90 Å². The van der Waals surface area contributed by atoms with E-state index in [0.717, 1.165) is 27.2 Å². The Morgan fingerprint density at radius 1 is 0.930 bits per heavy atom. The first-order valence-electron chi connectivity index (χ1n) is 20.8. The molecule has 3 aliphatic heterocycles. The number of aliphatic hydroxyl groups is 6. The number of carbonyl (C=O) groups excluding carboxylic acids is 4. The standard InChI is InChI=1S/C41H63NO15/c1-10-19(3)34(47)56-33-28(46)27-23(17-42-16-18(2)11-12-25(42)38(27,9)50)24-15-39-32(40(24,33)51)30(54-22(6)45)29(53-21(5)44)31-36(39,7)14-13-26(41(31,52)57-39)55-35(48)37(8,49)20(4)43/h18-20,23-33,43,46,49-52H,10-17H2,1-9H3/t18-,19-,20+,23-,24-,25-,26-,27+,28+,29-,30+,31-,32+,33-,36-,37-,38+,39+,40-,41+/m0/s1. The lowest BCUT2D eigenvalue weighted by Gasteiger charge is -2.64. The van der Waals surface area contributed by atoms with Gasteiger partial charge in [-0.1, -0.05) is 27.7 Å². The zero-order chi connectivity index (χ0) is 42.2. The van der Waals surface area contributed by atoms with Gasteiger partial charge in [0.1, 0.15) is 17.8 Å². The fourth-order valence-electron chi connectivity index (χ4n) is 13.1. The van der Waals surface area contributed by atoms with E-state index in [1.807, 2.05) is 6.92 Å². The summed E-state index contributed by atoms with van der Waals surface area (Å²) < 4.78 is 31.1. The van der Waals surface area contributed by atoms with Crippen molar-refractivity contribution in [3.63, 3.8) is 0 Å². The molecule has 7 fully saturated rings. The van der Waals surface area contributed by atoms with Crippen LogP contribution in [0, 0.1) is 46.8 Å². The van der Waals surface area contributed by atoms with E-state index in [-0.39, 0.29) is 25.3 Å². The summed E-state index contributed by atoms with van der Waals surface area (Å²) >= 11 is 0. The van der Waals surface area contributed by atoms with Gasteiger partial charge in [-0.2, -0.15) is 0 Å². The van der Waals surface area contributed by atoms with Crippen molar-refractivity contribution in [3.8, 4) is 0 Å². The number of hydrogen-bond acceptors (Lipinski definition) is 16. The Hall–Kier alpha value is -2.44. The molecule has 0 amide bonds. The third-order valence-corrected chi connectivity index (χ3v) is 16.1. The van der Waals surface area contributed by atoms with Gasteiger partial charge in [-0.15, -0.1) is 0 Å². The number of esters is 4. The molecule has 4 saturated carbocycles. The SMILES string of the molecule is CC[C@H](C)C(=O)O[C@H]1[C@H](O)[C@H]2[C@@H](CN3C[C@@H](C)CC[C@H]3[C@@]2(C)O)[C@@H]2C[C@]34O[C@]5(O)[C@@H](OC(=O)[C@@](C)(O)[C@@H](C)O)CC[C@@]3(C)[C@@H]5[C@@H](OC(C)=O)[C@@H](OC(C)=O)[C@H]4[C@@]21O. The molecular weight excluding hydrogens is 746 g/mol. The van der Waals surface area contributed by atoms with Gasteiger partial charge >= 0.3 is 23.9 Å². The first-order valence-corrected chi connectivity index (χ1v) is 20.8. The van der Waals surface area contributed by atoms with Crippen LogP contribution in [0.4, 0.5) is 0 Å². The maximum Gasteiger partial charge on any atom is 0.341 e. The maximum absolute atomic E-state index is 13.9. The van der Waals surface area contributed by atoms with Crippen LogP contribution < -0.4 is 0 Å². The number of piperidine rings is 2. The molecule has 1 spiro atoms. The summed E-state index contributed by atoms with van der Waals surface area (Å²) in [5.41, 5.74) is -9.03. The van der Waals surface area contributed by atoms with Gasteiger partial charge in [0.15, 0.2) is 17.8 Å². The molecule has 57 heavy (non-hydrogen) atoms. The molecule has 4 bridgehead atoms. The molecule has 16 nitrogen and oxygen atoms in total. The highest BCUT2D eigenvalue weighted by Crippen LogP contribution is 2.78. The molecule has 4 aliphatic carbocycles. The fraction of sp³-hybridized carbons (Fsp3) is 0.902. The van der Waals surface area contributed by atoms with Gasteiger partial charge in [-0.3, -0.25) is 19.3 Å². The van der Waals surface area contributed by atoms with E-state index in [1.54, 1.807) is 20.8 Å². The number of ether oxygens (including phenoxy) is 5. The molecule has 0 aromatic heterocycles. The molecule has 7 rings (SSSR count). The Morgan fingerprint density at radius 3 is 2.12 bits per heavy atom. The van der Waals surface area contributed by atoms with Gasteiger partial charge in [0.05, 0.1) is 41.2 Å². The van der Waals surface area contributed by atoms with Crippen LogP contribution in [0.25, 0.3) is 0 Å². The summed E-state index contributed by atoms with van der Waals surface area (Å²) in [5.74, 6) is -11.5. The number of carbonyl (C=O) groups is 4. The monoisotopic (exact) mass is 809 g/mol. The second kappa shape index (κ2) is 13.8. The molecule has 6 N–H and O–H groups in total. The van der Waals surface area contributed by atoms with Gasteiger partial charge in [0, 0.05) is 44.3 Å². The van der Waals surface area contributed by atoms with E-state index in [2.05, 4.69) is 11.8 Å². The number of aliphatic hydroxyl groups excluding tert-OH is 2. The van der Waals surface area contributed by atoms with Crippen LogP contribution in [0.3, 0.4) is 0 Å². The fourth-order valence-corrected chi connectivity index (χ4v) is 13.1. The van der Waals surface area contributed by atoms with E-state index >= 15 is 0 Å². The second-order valence-corrected chi connectivity index (χ2v) is 19.4. The molecule has 7 aliphatic rings. The predicted molar refractivity (Wildman–Crippen MR) is 196 cm³/mol. The van der Waals surface area contributed by atoms with Crippen LogP contribution in [-0.2, 0) is 42.9 Å². The van der Waals surface area contributed by atoms with Gasteiger partial charge in [0.2, 0.25) is 5.79 Å². The second-order valence-electron chi connectivity index (χ2n) is 19.4. The molecule has 3 saturated heterocycles. The van der Waals surface area contributed by atoms with Crippen molar-refractivity contribution in [2.75, 3.05) is 13.1 Å². The summed E-state index contributed by atoms with van der Waals surface area (Å²) in [7, 11) is 0. The van der Waals surface area contributed by atoms with Crippen LogP contribution >= 0.6 is 0 Å². The Kier molecular flexibility index (Phi) is 10.3. The topological polar surface area (TPSA) is 239 Å². The van der Waals surface area contributed by atoms with Crippen molar-refractivity contribution in [2.45, 2.75) is 172 Å². The Balaban J connectivity index is 1.45. The van der Waals surface area contributed by atoms with Gasteiger partial charge in [0.25, 0.3) is 0 Å². The molecule has 0 aromatic carbocycles. The minimum atomic E-state index is -2.47. The first kappa shape index (κ1) is 42.7. The average Bonchev–Trinajstić information content (AvgIpc) is 3.40. The average molecular weight is 810 g/mol. The van der Waals surface area contributed by atoms with Crippen LogP contribution in [0.2, 0.25) is 0 Å². The van der Waals surface area contributed by atoms with E-state index in [4.69, 9.17) is 23.7 Å². The first-order chi connectivity index (χ1) is 26.3. The molecule has 3 heterocycles. The zero-order valence-electron chi connectivity index (χ0n) is 34.5. The lowest BCUT2D eigenvalue weighted by molar-refractivity contribution is -0.301. The summed E-state index contributed by atoms with van der Waals surface area (Å²) in [6.07, 6.45) is -7.41. The third kappa shape index (κ3) is 5.81. The van der Waals surface area contributed by atoms with Crippen LogP contribution in [0.5, 0.6) is 0 Å². The summed E-state index contributed by atoms with van der Waals surface area (Å²) in [4.78, 5) is 55.6.